The summed E-state index contributed by atoms with van der Waals surface area (Å²) in [4.78, 5) is 9.18. The fourth-order valence-electron chi connectivity index (χ4n) is 1.44. The van der Waals surface area contributed by atoms with Gasteiger partial charge in [0.25, 0.3) is 6.47 Å². The summed E-state index contributed by atoms with van der Waals surface area (Å²) in [6, 6.07) is 0. The van der Waals surface area contributed by atoms with Crippen LogP contribution in [0.4, 0.5) is 0 Å². The Balaban J connectivity index is 0.000000292. The van der Waals surface area contributed by atoms with Crippen molar-refractivity contribution in [3.8, 4) is 0 Å². The Bertz CT molecular complexity index is 160. The summed E-state index contributed by atoms with van der Waals surface area (Å²) in [7, 11) is 0. The molecule has 82 valence electrons. The summed E-state index contributed by atoms with van der Waals surface area (Å²) < 4.78 is 4.15. The predicted molar refractivity (Wildman–Crippen MR) is 55.9 cm³/mol. The summed E-state index contributed by atoms with van der Waals surface area (Å²) in [5.41, 5.74) is -0.516. The quantitative estimate of drug-likeness (QED) is 0.560. The normalized spacial score (nSPS) is 18.7. The van der Waals surface area contributed by atoms with Gasteiger partial charge in [0.15, 0.2) is 0 Å². The molecule has 1 rings (SSSR count). The van der Waals surface area contributed by atoms with Gasteiger partial charge in [-0.2, -0.15) is 0 Å². The van der Waals surface area contributed by atoms with E-state index in [1.165, 1.54) is 6.42 Å². The van der Waals surface area contributed by atoms with Gasteiger partial charge in [-0.1, -0.05) is 25.3 Å². The molecule has 0 aliphatic heterocycles. The molecular formula is C11H20O3. The van der Waals surface area contributed by atoms with E-state index >= 15 is 0 Å². The molecule has 14 heavy (non-hydrogen) atoms. The minimum absolute atomic E-state index is 0.431. The molecule has 0 atom stereocenters. The topological polar surface area (TPSA) is 46.5 Å². The second kappa shape index (κ2) is 7.56. The van der Waals surface area contributed by atoms with Crippen molar-refractivity contribution < 1.29 is 14.6 Å². The molecule has 3 heteroatoms. The molecule has 0 unspecified atom stereocenters. The number of aliphatic hydroxyl groups is 1. The van der Waals surface area contributed by atoms with Gasteiger partial charge in [0, 0.05) is 0 Å². The summed E-state index contributed by atoms with van der Waals surface area (Å²) in [5, 5.41) is 9.56. The first-order valence-corrected chi connectivity index (χ1v) is 5.09. The Morgan fingerprint density at radius 1 is 1.43 bits per heavy atom. The van der Waals surface area contributed by atoms with Gasteiger partial charge in [0.1, 0.15) is 0 Å². The maximum atomic E-state index is 9.56. The van der Waals surface area contributed by atoms with Crippen LogP contribution in [-0.2, 0) is 9.53 Å². The van der Waals surface area contributed by atoms with Crippen molar-refractivity contribution in [2.24, 2.45) is 0 Å². The lowest BCUT2D eigenvalue weighted by Gasteiger charge is -2.28. The predicted octanol–water partition coefficient (Wildman–Crippen LogP) is 2.05. The van der Waals surface area contributed by atoms with Crippen molar-refractivity contribution >= 4 is 6.47 Å². The Morgan fingerprint density at radius 3 is 2.21 bits per heavy atom. The van der Waals surface area contributed by atoms with Crippen molar-refractivity contribution in [3.63, 3.8) is 0 Å². The molecule has 0 amide bonds. The van der Waals surface area contributed by atoms with Crippen molar-refractivity contribution in [1.29, 1.82) is 0 Å². The highest BCUT2D eigenvalue weighted by molar-refractivity contribution is 5.36. The van der Waals surface area contributed by atoms with Crippen molar-refractivity contribution in [1.82, 2.24) is 0 Å². The molecule has 0 heterocycles. The van der Waals surface area contributed by atoms with Gasteiger partial charge in [0.05, 0.1) is 12.2 Å². The minimum atomic E-state index is -0.516. The number of rotatable bonds is 3. The molecule has 0 aromatic heterocycles. The number of hydrogen-bond donors (Lipinski definition) is 1. The highest BCUT2D eigenvalue weighted by Crippen LogP contribution is 2.28. The third-order valence-corrected chi connectivity index (χ3v) is 2.33. The van der Waals surface area contributed by atoms with E-state index in [-0.39, 0.29) is 0 Å². The van der Waals surface area contributed by atoms with Crippen LogP contribution in [0, 0.1) is 0 Å². The molecule has 0 saturated heterocycles. The van der Waals surface area contributed by atoms with E-state index in [9.17, 15) is 9.90 Å². The molecular weight excluding hydrogens is 180 g/mol. The Kier molecular flexibility index (Phi) is 7.11. The molecule has 1 fully saturated rings. The standard InChI is InChI=1S/C8H14O.C3H6O2/c1-2-8(9)6-4-3-5-7-8;1-2-5-3-4/h2,9H,1,3-7H2;3H,2H2,1H3. The summed E-state index contributed by atoms with van der Waals surface area (Å²) in [5.74, 6) is 0. The molecule has 1 N–H and O–H groups in total. The zero-order chi connectivity index (χ0) is 10.9. The van der Waals surface area contributed by atoms with E-state index in [2.05, 4.69) is 11.3 Å². The average Bonchev–Trinajstić information content (AvgIpc) is 2.21. The van der Waals surface area contributed by atoms with Crippen LogP contribution < -0.4 is 0 Å². The molecule has 0 aromatic carbocycles. The molecule has 0 aromatic rings. The van der Waals surface area contributed by atoms with Crippen LogP contribution in [0.15, 0.2) is 12.7 Å². The minimum Gasteiger partial charge on any atom is -0.468 e. The van der Waals surface area contributed by atoms with Crippen LogP contribution in [0.2, 0.25) is 0 Å². The van der Waals surface area contributed by atoms with Crippen LogP contribution in [0.3, 0.4) is 0 Å². The number of ether oxygens (including phenoxy) is 1. The van der Waals surface area contributed by atoms with E-state index in [0.29, 0.717) is 13.1 Å². The van der Waals surface area contributed by atoms with E-state index in [0.717, 1.165) is 25.7 Å². The first-order chi connectivity index (χ1) is 6.68. The van der Waals surface area contributed by atoms with E-state index in [1.807, 2.05) is 0 Å². The second-order valence-corrected chi connectivity index (χ2v) is 3.42. The smallest absolute Gasteiger partial charge is 0.293 e. The zero-order valence-corrected chi connectivity index (χ0v) is 8.87. The average molecular weight is 200 g/mol. The first-order valence-electron chi connectivity index (χ1n) is 5.09. The van der Waals surface area contributed by atoms with Crippen molar-refractivity contribution in [2.75, 3.05) is 6.61 Å². The Morgan fingerprint density at radius 2 is 2.00 bits per heavy atom. The second-order valence-electron chi connectivity index (χ2n) is 3.42. The fourth-order valence-corrected chi connectivity index (χ4v) is 1.44. The van der Waals surface area contributed by atoms with E-state index in [1.54, 1.807) is 13.0 Å². The highest BCUT2D eigenvalue weighted by Gasteiger charge is 2.24. The van der Waals surface area contributed by atoms with Gasteiger partial charge in [0.2, 0.25) is 0 Å². The molecule has 3 nitrogen and oxygen atoms in total. The molecule has 0 bridgehead atoms. The van der Waals surface area contributed by atoms with E-state index < -0.39 is 5.60 Å². The molecule has 1 aliphatic carbocycles. The van der Waals surface area contributed by atoms with E-state index in [4.69, 9.17) is 0 Å². The molecule has 1 aliphatic rings. The SMILES string of the molecule is C=CC1(O)CCCCC1.CCOC=O. The monoisotopic (exact) mass is 200 g/mol. The lowest BCUT2D eigenvalue weighted by Crippen LogP contribution is -2.27. The van der Waals surface area contributed by atoms with Crippen LogP contribution in [-0.4, -0.2) is 23.8 Å². The van der Waals surface area contributed by atoms with Crippen molar-refractivity contribution in [3.05, 3.63) is 12.7 Å². The van der Waals surface area contributed by atoms with Gasteiger partial charge >= 0.3 is 0 Å². The van der Waals surface area contributed by atoms with Gasteiger partial charge in [-0.05, 0) is 19.8 Å². The maximum absolute atomic E-state index is 9.56. The lowest BCUT2D eigenvalue weighted by molar-refractivity contribution is -0.128. The molecule has 1 saturated carbocycles. The first kappa shape index (κ1) is 13.2. The Labute approximate surface area is 85.8 Å². The number of carbonyl (C=O) groups is 1. The summed E-state index contributed by atoms with van der Waals surface area (Å²) in [6.45, 7) is 6.27. The third-order valence-electron chi connectivity index (χ3n) is 2.33. The Hall–Kier alpha value is -0.830. The van der Waals surface area contributed by atoms with Crippen LogP contribution in [0.25, 0.3) is 0 Å². The fraction of sp³-hybridized carbons (Fsp3) is 0.727. The summed E-state index contributed by atoms with van der Waals surface area (Å²) >= 11 is 0. The largest absolute Gasteiger partial charge is 0.468 e. The lowest BCUT2D eigenvalue weighted by atomic mass is 9.85. The highest BCUT2D eigenvalue weighted by atomic mass is 16.5. The van der Waals surface area contributed by atoms with Gasteiger partial charge in [-0.3, -0.25) is 4.79 Å². The van der Waals surface area contributed by atoms with Gasteiger partial charge in [-0.25, -0.2) is 0 Å². The third kappa shape index (κ3) is 5.75. The zero-order valence-electron chi connectivity index (χ0n) is 8.87. The van der Waals surface area contributed by atoms with Gasteiger partial charge < -0.3 is 9.84 Å². The molecule has 0 spiro atoms. The van der Waals surface area contributed by atoms with Gasteiger partial charge in [-0.15, -0.1) is 6.58 Å². The maximum Gasteiger partial charge on any atom is 0.293 e. The molecule has 0 radical (unpaired) electrons. The van der Waals surface area contributed by atoms with Crippen LogP contribution >= 0.6 is 0 Å². The summed E-state index contributed by atoms with van der Waals surface area (Å²) in [6.07, 6.45) is 7.10. The number of carbonyl (C=O) groups excluding carboxylic acids is 1. The number of hydrogen-bond acceptors (Lipinski definition) is 3. The van der Waals surface area contributed by atoms with Crippen LogP contribution in [0.1, 0.15) is 39.0 Å². The van der Waals surface area contributed by atoms with Crippen LogP contribution in [0.5, 0.6) is 0 Å². The van der Waals surface area contributed by atoms with Crippen molar-refractivity contribution in [2.45, 2.75) is 44.6 Å².